The summed E-state index contributed by atoms with van der Waals surface area (Å²) in [5.74, 6) is -2.87. The summed E-state index contributed by atoms with van der Waals surface area (Å²) in [7, 11) is 0. The van der Waals surface area contributed by atoms with Crippen LogP contribution in [0.4, 0.5) is 14.9 Å². The number of ether oxygens (including phenoxy) is 1. The number of hydrogen-bond donors (Lipinski definition) is 4. The number of nitrogens with one attached hydrogen (secondary N) is 2. The highest BCUT2D eigenvalue weighted by molar-refractivity contribution is 6.00. The second-order valence-electron chi connectivity index (χ2n) is 3.87. The molecule has 0 aromatic heterocycles. The first-order valence-electron chi connectivity index (χ1n) is 5.84. The van der Waals surface area contributed by atoms with Crippen LogP contribution in [-0.2, 0) is 9.53 Å². The molecule has 1 aromatic carbocycles. The van der Waals surface area contributed by atoms with Crippen molar-refractivity contribution in [3.8, 4) is 0 Å². The number of hydrogen-bond acceptors (Lipinski definition) is 4. The Hall–Kier alpha value is -2.68. The fraction of sp³-hybridized carbons (Fsp3) is 0.250. The molecule has 3 amide bonds. The zero-order valence-electron chi connectivity index (χ0n) is 10.9. The summed E-state index contributed by atoms with van der Waals surface area (Å²) in [5.41, 5.74) is 4.04. The average molecular weight is 299 g/mol. The van der Waals surface area contributed by atoms with Crippen molar-refractivity contribution >= 4 is 23.6 Å². The molecule has 0 aliphatic rings. The van der Waals surface area contributed by atoms with Crippen molar-refractivity contribution in [2.24, 2.45) is 5.73 Å². The number of para-hydroxylation sites is 1. The summed E-state index contributed by atoms with van der Waals surface area (Å²) in [6.07, 6.45) is 0. The molecule has 5 N–H and O–H groups in total. The van der Waals surface area contributed by atoms with Crippen molar-refractivity contribution in [2.75, 3.05) is 25.1 Å². The number of nitrogens with two attached hydrogens (primary N) is 1. The lowest BCUT2D eigenvalue weighted by molar-refractivity contribution is -0.122. The van der Waals surface area contributed by atoms with Crippen molar-refractivity contribution < 1.29 is 28.6 Å². The van der Waals surface area contributed by atoms with E-state index < -0.39 is 29.4 Å². The van der Waals surface area contributed by atoms with E-state index in [1.54, 1.807) is 0 Å². The second-order valence-corrected chi connectivity index (χ2v) is 3.87. The number of carbonyl (C=O) groups is 3. The fourth-order valence-corrected chi connectivity index (χ4v) is 1.40. The van der Waals surface area contributed by atoms with Crippen LogP contribution in [-0.4, -0.2) is 42.8 Å². The predicted molar refractivity (Wildman–Crippen MR) is 70.4 cm³/mol. The van der Waals surface area contributed by atoms with E-state index in [0.717, 1.165) is 12.1 Å². The van der Waals surface area contributed by atoms with Crippen LogP contribution in [0.5, 0.6) is 0 Å². The zero-order valence-corrected chi connectivity index (χ0v) is 10.9. The Bertz CT molecular complexity index is 550. The van der Waals surface area contributed by atoms with E-state index in [0.29, 0.717) is 0 Å². The molecule has 0 heterocycles. The number of benzene rings is 1. The van der Waals surface area contributed by atoms with Gasteiger partial charge in [0.1, 0.15) is 12.4 Å². The number of carbonyl (C=O) groups excluding carboxylic acids is 2. The average Bonchev–Trinajstić information content (AvgIpc) is 2.40. The quantitative estimate of drug-likeness (QED) is 0.532. The van der Waals surface area contributed by atoms with Crippen molar-refractivity contribution in [1.82, 2.24) is 5.32 Å². The molecule has 1 rings (SSSR count). The molecule has 114 valence electrons. The maximum absolute atomic E-state index is 13.5. The minimum absolute atomic E-state index is 0.0272. The molecule has 0 atom stereocenters. The molecule has 0 aliphatic heterocycles. The van der Waals surface area contributed by atoms with Gasteiger partial charge in [0.15, 0.2) is 0 Å². The van der Waals surface area contributed by atoms with Gasteiger partial charge >= 0.3 is 12.0 Å². The van der Waals surface area contributed by atoms with Crippen LogP contribution in [0.3, 0.4) is 0 Å². The molecule has 8 nitrogen and oxygen atoms in total. The van der Waals surface area contributed by atoms with Crippen LogP contribution in [0.2, 0.25) is 0 Å². The number of primary amides is 1. The Morgan fingerprint density at radius 3 is 2.67 bits per heavy atom. The zero-order chi connectivity index (χ0) is 15.8. The lowest BCUT2D eigenvalue weighted by Crippen LogP contribution is -2.33. The molecule has 0 saturated heterocycles. The normalized spacial score (nSPS) is 9.95. The number of rotatable bonds is 7. The van der Waals surface area contributed by atoms with Crippen LogP contribution in [0.15, 0.2) is 18.2 Å². The van der Waals surface area contributed by atoms with Gasteiger partial charge < -0.3 is 26.2 Å². The van der Waals surface area contributed by atoms with Crippen molar-refractivity contribution in [3.05, 3.63) is 29.6 Å². The van der Waals surface area contributed by atoms with E-state index >= 15 is 0 Å². The van der Waals surface area contributed by atoms with E-state index in [2.05, 4.69) is 10.6 Å². The molecular weight excluding hydrogens is 285 g/mol. The van der Waals surface area contributed by atoms with Crippen molar-refractivity contribution in [2.45, 2.75) is 0 Å². The second kappa shape index (κ2) is 7.80. The van der Waals surface area contributed by atoms with Crippen molar-refractivity contribution in [1.29, 1.82) is 0 Å². The largest absolute Gasteiger partial charge is 0.478 e. The summed E-state index contributed by atoms with van der Waals surface area (Å²) in [4.78, 5) is 32.8. The highest BCUT2D eigenvalue weighted by atomic mass is 19.1. The molecule has 0 saturated carbocycles. The van der Waals surface area contributed by atoms with Crippen LogP contribution in [0.25, 0.3) is 0 Å². The number of aromatic carboxylic acids is 1. The first-order chi connectivity index (χ1) is 9.91. The summed E-state index contributed by atoms with van der Waals surface area (Å²) < 4.78 is 18.3. The first kappa shape index (κ1) is 16.4. The Morgan fingerprint density at radius 2 is 2.05 bits per heavy atom. The molecule has 21 heavy (non-hydrogen) atoms. The molecular formula is C12H14FN3O5. The van der Waals surface area contributed by atoms with Gasteiger partial charge in [-0.1, -0.05) is 6.07 Å². The first-order valence-corrected chi connectivity index (χ1v) is 5.84. The van der Waals surface area contributed by atoms with E-state index in [-0.39, 0.29) is 25.3 Å². The van der Waals surface area contributed by atoms with E-state index in [1.165, 1.54) is 6.07 Å². The third-order valence-electron chi connectivity index (χ3n) is 2.26. The molecule has 0 unspecified atom stereocenters. The van der Waals surface area contributed by atoms with Crippen LogP contribution >= 0.6 is 0 Å². The van der Waals surface area contributed by atoms with Crippen LogP contribution in [0, 0.1) is 5.82 Å². The Kier molecular flexibility index (Phi) is 6.08. The number of carboxylic acids is 1. The Balaban J connectivity index is 2.52. The van der Waals surface area contributed by atoms with E-state index in [9.17, 15) is 18.8 Å². The SMILES string of the molecule is NC(=O)COCCNC(=O)Nc1c(F)cccc1C(=O)O. The van der Waals surface area contributed by atoms with Gasteiger partial charge in [0.05, 0.1) is 17.9 Å². The summed E-state index contributed by atoms with van der Waals surface area (Å²) in [6, 6.07) is 2.61. The summed E-state index contributed by atoms with van der Waals surface area (Å²) >= 11 is 0. The maximum atomic E-state index is 13.5. The monoisotopic (exact) mass is 299 g/mol. The number of anilines is 1. The smallest absolute Gasteiger partial charge is 0.337 e. The van der Waals surface area contributed by atoms with Crippen LogP contribution in [0.1, 0.15) is 10.4 Å². The van der Waals surface area contributed by atoms with Gasteiger partial charge in [-0.2, -0.15) is 0 Å². The third-order valence-corrected chi connectivity index (χ3v) is 2.26. The van der Waals surface area contributed by atoms with E-state index in [4.69, 9.17) is 15.6 Å². The maximum Gasteiger partial charge on any atom is 0.337 e. The predicted octanol–water partition coefficient (Wildman–Crippen LogP) is 0.147. The van der Waals surface area contributed by atoms with E-state index in [1.807, 2.05) is 0 Å². The van der Waals surface area contributed by atoms with Gasteiger partial charge in [-0.05, 0) is 12.1 Å². The van der Waals surface area contributed by atoms with Gasteiger partial charge in [-0.15, -0.1) is 0 Å². The van der Waals surface area contributed by atoms with Crippen LogP contribution < -0.4 is 16.4 Å². The lowest BCUT2D eigenvalue weighted by Gasteiger charge is -2.10. The molecule has 0 radical (unpaired) electrons. The Morgan fingerprint density at radius 1 is 1.33 bits per heavy atom. The minimum Gasteiger partial charge on any atom is -0.478 e. The number of halogens is 1. The summed E-state index contributed by atoms with van der Waals surface area (Å²) in [5, 5.41) is 13.3. The fourth-order valence-electron chi connectivity index (χ4n) is 1.40. The molecule has 0 fully saturated rings. The highest BCUT2D eigenvalue weighted by Gasteiger charge is 2.16. The van der Waals surface area contributed by atoms with Gasteiger partial charge in [-0.25, -0.2) is 14.0 Å². The lowest BCUT2D eigenvalue weighted by atomic mass is 10.1. The molecule has 0 spiro atoms. The van der Waals surface area contributed by atoms with Gasteiger partial charge in [0, 0.05) is 6.54 Å². The summed E-state index contributed by atoms with van der Waals surface area (Å²) in [6.45, 7) is -0.213. The topological polar surface area (TPSA) is 131 Å². The van der Waals surface area contributed by atoms with Gasteiger partial charge in [0.25, 0.3) is 0 Å². The third kappa shape index (κ3) is 5.45. The molecule has 0 aliphatic carbocycles. The number of urea groups is 1. The minimum atomic E-state index is -1.37. The number of amides is 3. The molecule has 1 aromatic rings. The standard InChI is InChI=1S/C12H14FN3O5/c13-8-3-1-2-7(11(18)19)10(8)16-12(20)15-4-5-21-6-9(14)17/h1-3H,4-6H2,(H2,14,17)(H,18,19)(H2,15,16,20). The molecule has 9 heteroatoms. The number of carboxylic acid groups (broad SMARTS) is 1. The molecule has 0 bridgehead atoms. The Labute approximate surface area is 119 Å². The highest BCUT2D eigenvalue weighted by Crippen LogP contribution is 2.19. The van der Waals surface area contributed by atoms with Gasteiger partial charge in [0.2, 0.25) is 5.91 Å². The van der Waals surface area contributed by atoms with Crippen molar-refractivity contribution in [3.63, 3.8) is 0 Å². The van der Waals surface area contributed by atoms with Gasteiger partial charge in [-0.3, -0.25) is 4.79 Å².